The third-order valence-corrected chi connectivity index (χ3v) is 4.39. The van der Waals surface area contributed by atoms with Crippen LogP contribution in [0, 0.1) is 11.8 Å². The Kier molecular flexibility index (Phi) is 4.47. The molecule has 0 spiro atoms. The van der Waals surface area contributed by atoms with Gasteiger partial charge in [0.2, 0.25) is 0 Å². The minimum Gasteiger partial charge on any atom is -0.327 e. The summed E-state index contributed by atoms with van der Waals surface area (Å²) in [4.78, 5) is 0. The van der Waals surface area contributed by atoms with E-state index in [1.165, 1.54) is 31.2 Å². The minimum atomic E-state index is 0.383. The maximum Gasteiger partial charge on any atom is 0.0406 e. The second kappa shape index (κ2) is 5.88. The fraction of sp³-hybridized carbons (Fsp3) is 0.600. The molecule has 2 N–H and O–H groups in total. The van der Waals surface area contributed by atoms with Crippen LogP contribution in [0.3, 0.4) is 0 Å². The van der Waals surface area contributed by atoms with Crippen LogP contribution in [0.1, 0.15) is 38.2 Å². The van der Waals surface area contributed by atoms with Crippen molar-refractivity contribution in [2.24, 2.45) is 17.6 Å². The summed E-state index contributed by atoms with van der Waals surface area (Å²) < 4.78 is 0. The van der Waals surface area contributed by atoms with Crippen molar-refractivity contribution in [2.45, 2.75) is 45.1 Å². The molecule has 0 amide bonds. The molecule has 1 nitrogen and oxygen atoms in total. The molecular weight excluding hydrogens is 230 g/mol. The summed E-state index contributed by atoms with van der Waals surface area (Å²) >= 11 is 5.90. The lowest BCUT2D eigenvalue weighted by molar-refractivity contribution is 0.227. The first kappa shape index (κ1) is 12.9. The Labute approximate surface area is 109 Å². The van der Waals surface area contributed by atoms with Gasteiger partial charge in [0.1, 0.15) is 0 Å². The average molecular weight is 252 g/mol. The first-order chi connectivity index (χ1) is 8.19. The van der Waals surface area contributed by atoms with E-state index >= 15 is 0 Å². The van der Waals surface area contributed by atoms with Crippen LogP contribution in [0.15, 0.2) is 24.3 Å². The van der Waals surface area contributed by atoms with Crippen molar-refractivity contribution in [1.82, 2.24) is 0 Å². The highest BCUT2D eigenvalue weighted by atomic mass is 35.5. The number of hydrogen-bond donors (Lipinski definition) is 1. The zero-order valence-electron chi connectivity index (χ0n) is 10.5. The summed E-state index contributed by atoms with van der Waals surface area (Å²) in [7, 11) is 0. The SMILES string of the molecule is CCC1CCC(N)C(Cc2ccc(Cl)cc2)C1. The lowest BCUT2D eigenvalue weighted by Gasteiger charge is -2.33. The molecule has 1 fully saturated rings. The Morgan fingerprint density at radius 2 is 1.94 bits per heavy atom. The largest absolute Gasteiger partial charge is 0.327 e. The zero-order chi connectivity index (χ0) is 12.3. The van der Waals surface area contributed by atoms with E-state index in [2.05, 4.69) is 19.1 Å². The van der Waals surface area contributed by atoms with Crippen molar-refractivity contribution in [2.75, 3.05) is 0 Å². The van der Waals surface area contributed by atoms with Gasteiger partial charge in [-0.25, -0.2) is 0 Å². The summed E-state index contributed by atoms with van der Waals surface area (Å²) in [5.41, 5.74) is 7.61. The molecule has 1 aliphatic rings. The van der Waals surface area contributed by atoms with E-state index in [9.17, 15) is 0 Å². The van der Waals surface area contributed by atoms with Gasteiger partial charge in [-0.2, -0.15) is 0 Å². The van der Waals surface area contributed by atoms with Gasteiger partial charge in [0.15, 0.2) is 0 Å². The summed E-state index contributed by atoms with van der Waals surface area (Å²) in [6.45, 7) is 2.29. The molecule has 3 unspecified atom stereocenters. The molecule has 1 aromatic carbocycles. The molecule has 94 valence electrons. The number of halogens is 1. The van der Waals surface area contributed by atoms with Gasteiger partial charge < -0.3 is 5.73 Å². The Hall–Kier alpha value is -0.530. The van der Waals surface area contributed by atoms with Gasteiger partial charge in [-0.05, 0) is 55.2 Å². The predicted octanol–water partition coefficient (Wildman–Crippen LogP) is 4.04. The predicted molar refractivity (Wildman–Crippen MR) is 74.3 cm³/mol. The number of benzene rings is 1. The van der Waals surface area contributed by atoms with Crippen molar-refractivity contribution in [1.29, 1.82) is 0 Å². The van der Waals surface area contributed by atoms with Crippen molar-refractivity contribution < 1.29 is 0 Å². The molecule has 1 aliphatic carbocycles. The standard InChI is InChI=1S/C15H22ClN/c1-2-11-5-8-15(17)13(9-11)10-12-3-6-14(16)7-4-12/h3-4,6-7,11,13,15H,2,5,8-10,17H2,1H3. The molecule has 2 heteroatoms. The zero-order valence-corrected chi connectivity index (χ0v) is 11.3. The van der Waals surface area contributed by atoms with Crippen molar-refractivity contribution in [3.8, 4) is 0 Å². The summed E-state index contributed by atoms with van der Waals surface area (Å²) in [5, 5.41) is 0.813. The molecule has 0 bridgehead atoms. The second-order valence-corrected chi connectivity index (χ2v) is 5.78. The highest BCUT2D eigenvalue weighted by Crippen LogP contribution is 2.32. The highest BCUT2D eigenvalue weighted by Gasteiger charge is 2.27. The van der Waals surface area contributed by atoms with Crippen LogP contribution in [0.25, 0.3) is 0 Å². The Morgan fingerprint density at radius 3 is 2.59 bits per heavy atom. The van der Waals surface area contributed by atoms with Gasteiger partial charge in [0, 0.05) is 11.1 Å². The van der Waals surface area contributed by atoms with E-state index in [1.54, 1.807) is 0 Å². The van der Waals surface area contributed by atoms with E-state index in [-0.39, 0.29) is 0 Å². The fourth-order valence-corrected chi connectivity index (χ4v) is 3.04. The monoisotopic (exact) mass is 251 g/mol. The van der Waals surface area contributed by atoms with Gasteiger partial charge >= 0.3 is 0 Å². The summed E-state index contributed by atoms with van der Waals surface area (Å²) in [5.74, 6) is 1.53. The van der Waals surface area contributed by atoms with E-state index in [0.717, 1.165) is 17.4 Å². The van der Waals surface area contributed by atoms with Crippen LogP contribution < -0.4 is 5.73 Å². The summed E-state index contributed by atoms with van der Waals surface area (Å²) in [6.07, 6.45) is 6.20. The normalized spacial score (nSPS) is 29.2. The van der Waals surface area contributed by atoms with Crippen LogP contribution in [0.4, 0.5) is 0 Å². The van der Waals surface area contributed by atoms with E-state index in [1.807, 2.05) is 12.1 Å². The first-order valence-electron chi connectivity index (χ1n) is 6.69. The lowest BCUT2D eigenvalue weighted by atomic mass is 9.75. The lowest BCUT2D eigenvalue weighted by Crippen LogP contribution is -2.37. The highest BCUT2D eigenvalue weighted by molar-refractivity contribution is 6.30. The van der Waals surface area contributed by atoms with Crippen molar-refractivity contribution in [3.05, 3.63) is 34.9 Å². The third kappa shape index (κ3) is 3.46. The van der Waals surface area contributed by atoms with Gasteiger partial charge in [-0.1, -0.05) is 37.1 Å². The van der Waals surface area contributed by atoms with Crippen molar-refractivity contribution >= 4 is 11.6 Å². The van der Waals surface area contributed by atoms with Crippen LogP contribution in [0.5, 0.6) is 0 Å². The van der Waals surface area contributed by atoms with E-state index < -0.39 is 0 Å². The molecule has 17 heavy (non-hydrogen) atoms. The smallest absolute Gasteiger partial charge is 0.0406 e. The fourth-order valence-electron chi connectivity index (χ4n) is 2.91. The average Bonchev–Trinajstić information content (AvgIpc) is 2.35. The molecule has 0 radical (unpaired) electrons. The first-order valence-corrected chi connectivity index (χ1v) is 7.07. The topological polar surface area (TPSA) is 26.0 Å². The van der Waals surface area contributed by atoms with Gasteiger partial charge in [-0.3, -0.25) is 0 Å². The van der Waals surface area contributed by atoms with Crippen LogP contribution in [-0.2, 0) is 6.42 Å². The van der Waals surface area contributed by atoms with E-state index in [4.69, 9.17) is 17.3 Å². The van der Waals surface area contributed by atoms with Crippen LogP contribution >= 0.6 is 11.6 Å². The molecule has 3 atom stereocenters. The second-order valence-electron chi connectivity index (χ2n) is 5.34. The van der Waals surface area contributed by atoms with Gasteiger partial charge in [0.05, 0.1) is 0 Å². The molecule has 0 heterocycles. The van der Waals surface area contributed by atoms with Gasteiger partial charge in [-0.15, -0.1) is 0 Å². The maximum atomic E-state index is 6.25. The Bertz CT molecular complexity index is 346. The molecule has 0 saturated heterocycles. The maximum absolute atomic E-state index is 6.25. The van der Waals surface area contributed by atoms with E-state index in [0.29, 0.717) is 12.0 Å². The molecule has 0 aliphatic heterocycles. The minimum absolute atomic E-state index is 0.383. The van der Waals surface area contributed by atoms with Crippen molar-refractivity contribution in [3.63, 3.8) is 0 Å². The number of rotatable bonds is 3. The molecule has 2 rings (SSSR count). The Balaban J connectivity index is 1.98. The Morgan fingerprint density at radius 1 is 1.24 bits per heavy atom. The van der Waals surface area contributed by atoms with Crippen LogP contribution in [0.2, 0.25) is 5.02 Å². The summed E-state index contributed by atoms with van der Waals surface area (Å²) in [6, 6.07) is 8.59. The quantitative estimate of drug-likeness (QED) is 0.862. The molecular formula is C15H22ClN. The molecule has 0 aromatic heterocycles. The molecule has 1 saturated carbocycles. The van der Waals surface area contributed by atoms with Crippen LogP contribution in [-0.4, -0.2) is 6.04 Å². The van der Waals surface area contributed by atoms with Gasteiger partial charge in [0.25, 0.3) is 0 Å². The third-order valence-electron chi connectivity index (χ3n) is 4.14. The number of hydrogen-bond acceptors (Lipinski definition) is 1. The number of nitrogens with two attached hydrogens (primary N) is 1. The molecule has 1 aromatic rings.